The highest BCUT2D eigenvalue weighted by Crippen LogP contribution is 2.24. The summed E-state index contributed by atoms with van der Waals surface area (Å²) in [5.74, 6) is 1.87. The van der Waals surface area contributed by atoms with E-state index in [-0.39, 0.29) is 0 Å². The summed E-state index contributed by atoms with van der Waals surface area (Å²) in [6, 6.07) is 11.9. The molecule has 1 unspecified atom stereocenters. The highest BCUT2D eigenvalue weighted by Gasteiger charge is 2.04. The van der Waals surface area contributed by atoms with Crippen LogP contribution in [0, 0.1) is 0 Å². The number of benzene rings is 1. The fourth-order valence-corrected chi connectivity index (χ4v) is 1.90. The zero-order valence-electron chi connectivity index (χ0n) is 12.3. The summed E-state index contributed by atoms with van der Waals surface area (Å²) in [5, 5.41) is 11.2. The molecular weight excluding hydrogens is 250 g/mol. The molecule has 20 heavy (non-hydrogen) atoms. The van der Waals surface area contributed by atoms with Crippen LogP contribution in [0.25, 0.3) is 0 Å². The normalized spacial score (nSPS) is 12.2. The molecule has 0 bridgehead atoms. The molecule has 4 heteroatoms. The van der Waals surface area contributed by atoms with Crippen LogP contribution in [-0.2, 0) is 6.54 Å². The molecule has 0 saturated heterocycles. The Balaban J connectivity index is 2.02. The third-order valence-corrected chi connectivity index (χ3v) is 3.34. The van der Waals surface area contributed by atoms with Gasteiger partial charge in [0.25, 0.3) is 0 Å². The summed E-state index contributed by atoms with van der Waals surface area (Å²) in [5.41, 5.74) is 2.22. The lowest BCUT2D eigenvalue weighted by Crippen LogP contribution is -2.07. The second kappa shape index (κ2) is 7.01. The Morgan fingerprint density at radius 1 is 1.10 bits per heavy atom. The monoisotopic (exact) mass is 271 g/mol. The van der Waals surface area contributed by atoms with Gasteiger partial charge < -0.3 is 10.1 Å². The van der Waals surface area contributed by atoms with Crippen LogP contribution in [0.3, 0.4) is 0 Å². The molecule has 0 fully saturated rings. The van der Waals surface area contributed by atoms with E-state index >= 15 is 0 Å². The summed E-state index contributed by atoms with van der Waals surface area (Å²) in [6.07, 6.45) is 1.14. The molecule has 1 aromatic heterocycles. The smallest absolute Gasteiger partial charge is 0.238 e. The second-order valence-electron chi connectivity index (χ2n) is 4.87. The molecule has 0 amide bonds. The van der Waals surface area contributed by atoms with Gasteiger partial charge in [-0.2, -0.15) is 5.10 Å². The summed E-state index contributed by atoms with van der Waals surface area (Å²) in [6.45, 7) is 5.12. The predicted octanol–water partition coefficient (Wildman–Crippen LogP) is 3.50. The van der Waals surface area contributed by atoms with Crippen molar-refractivity contribution < 1.29 is 4.74 Å². The average Bonchev–Trinajstić information content (AvgIpc) is 2.49. The molecule has 106 valence electrons. The SMILES string of the molecule is CCC(C)c1ccc(Oc2ccc(CNC)nn2)cc1. The Kier molecular flexibility index (Phi) is 5.07. The van der Waals surface area contributed by atoms with Crippen LogP contribution >= 0.6 is 0 Å². The molecule has 0 aliphatic heterocycles. The van der Waals surface area contributed by atoms with E-state index < -0.39 is 0 Å². The fourth-order valence-electron chi connectivity index (χ4n) is 1.90. The first kappa shape index (κ1) is 14.5. The zero-order chi connectivity index (χ0) is 14.4. The molecule has 0 saturated carbocycles. The minimum absolute atomic E-state index is 0.515. The molecule has 1 atom stereocenters. The third kappa shape index (κ3) is 3.78. The van der Waals surface area contributed by atoms with Gasteiger partial charge in [-0.05, 0) is 43.1 Å². The van der Waals surface area contributed by atoms with Crippen LogP contribution in [0.4, 0.5) is 0 Å². The van der Waals surface area contributed by atoms with Gasteiger partial charge in [-0.3, -0.25) is 0 Å². The second-order valence-corrected chi connectivity index (χ2v) is 4.87. The minimum atomic E-state index is 0.515. The van der Waals surface area contributed by atoms with Gasteiger partial charge in [-0.25, -0.2) is 0 Å². The maximum atomic E-state index is 5.69. The van der Waals surface area contributed by atoms with E-state index in [0.717, 1.165) is 17.9 Å². The molecule has 1 heterocycles. The first-order chi connectivity index (χ1) is 9.72. The lowest BCUT2D eigenvalue weighted by atomic mass is 9.99. The van der Waals surface area contributed by atoms with E-state index in [1.165, 1.54) is 5.56 Å². The van der Waals surface area contributed by atoms with Gasteiger partial charge in [0.2, 0.25) is 5.88 Å². The molecule has 4 nitrogen and oxygen atoms in total. The Bertz CT molecular complexity index is 522. The first-order valence-electron chi connectivity index (χ1n) is 6.98. The maximum absolute atomic E-state index is 5.69. The van der Waals surface area contributed by atoms with Gasteiger partial charge in [0.05, 0.1) is 5.69 Å². The quantitative estimate of drug-likeness (QED) is 0.873. The van der Waals surface area contributed by atoms with Gasteiger partial charge >= 0.3 is 0 Å². The standard InChI is InChI=1S/C16H21N3O/c1-4-12(2)13-5-8-15(9-6-13)20-16-10-7-14(11-17-3)18-19-16/h5-10,12,17H,4,11H2,1-3H3. The summed E-state index contributed by atoms with van der Waals surface area (Å²) in [4.78, 5) is 0. The Labute approximate surface area is 120 Å². The Morgan fingerprint density at radius 3 is 2.40 bits per heavy atom. The largest absolute Gasteiger partial charge is 0.438 e. The number of aromatic nitrogens is 2. The lowest BCUT2D eigenvalue weighted by Gasteiger charge is -2.10. The number of nitrogens with one attached hydrogen (secondary N) is 1. The van der Waals surface area contributed by atoms with E-state index in [4.69, 9.17) is 4.74 Å². The molecule has 0 aliphatic rings. The van der Waals surface area contributed by atoms with E-state index in [2.05, 4.69) is 41.5 Å². The number of ether oxygens (including phenoxy) is 1. The van der Waals surface area contributed by atoms with Crippen LogP contribution in [0.2, 0.25) is 0 Å². The molecular formula is C16H21N3O. The van der Waals surface area contributed by atoms with Gasteiger partial charge in [0, 0.05) is 12.6 Å². The summed E-state index contributed by atoms with van der Waals surface area (Å²) in [7, 11) is 1.88. The first-order valence-corrected chi connectivity index (χ1v) is 6.98. The van der Waals surface area contributed by atoms with Crippen LogP contribution in [0.5, 0.6) is 11.6 Å². The van der Waals surface area contributed by atoms with Crippen molar-refractivity contribution in [3.63, 3.8) is 0 Å². The number of nitrogens with zero attached hydrogens (tertiary/aromatic N) is 2. The third-order valence-electron chi connectivity index (χ3n) is 3.34. The number of hydrogen-bond acceptors (Lipinski definition) is 4. The molecule has 2 aromatic rings. The van der Waals surface area contributed by atoms with Gasteiger partial charge in [0.15, 0.2) is 0 Å². The zero-order valence-corrected chi connectivity index (χ0v) is 12.3. The predicted molar refractivity (Wildman–Crippen MR) is 80.0 cm³/mol. The van der Waals surface area contributed by atoms with Crippen LogP contribution in [-0.4, -0.2) is 17.2 Å². The maximum Gasteiger partial charge on any atom is 0.238 e. The highest BCUT2D eigenvalue weighted by molar-refractivity contribution is 5.31. The number of hydrogen-bond donors (Lipinski definition) is 1. The van der Waals surface area contributed by atoms with Crippen molar-refractivity contribution in [3.05, 3.63) is 47.7 Å². The summed E-state index contributed by atoms with van der Waals surface area (Å²) >= 11 is 0. The van der Waals surface area contributed by atoms with Crippen molar-refractivity contribution in [1.82, 2.24) is 15.5 Å². The average molecular weight is 271 g/mol. The van der Waals surface area contributed by atoms with Gasteiger partial charge in [0.1, 0.15) is 5.75 Å². The highest BCUT2D eigenvalue weighted by atomic mass is 16.5. The van der Waals surface area contributed by atoms with Crippen LogP contribution in [0.1, 0.15) is 37.4 Å². The van der Waals surface area contributed by atoms with Crippen molar-refractivity contribution in [2.45, 2.75) is 32.7 Å². The van der Waals surface area contributed by atoms with Crippen molar-refractivity contribution in [3.8, 4) is 11.6 Å². The van der Waals surface area contributed by atoms with E-state index in [9.17, 15) is 0 Å². The fraction of sp³-hybridized carbons (Fsp3) is 0.375. The molecule has 0 radical (unpaired) electrons. The van der Waals surface area contributed by atoms with Crippen molar-refractivity contribution in [2.24, 2.45) is 0 Å². The molecule has 0 spiro atoms. The molecule has 2 rings (SSSR count). The van der Waals surface area contributed by atoms with Gasteiger partial charge in [-0.15, -0.1) is 5.10 Å². The lowest BCUT2D eigenvalue weighted by molar-refractivity contribution is 0.453. The van der Waals surface area contributed by atoms with Crippen molar-refractivity contribution in [2.75, 3.05) is 7.05 Å². The van der Waals surface area contributed by atoms with E-state index in [0.29, 0.717) is 18.3 Å². The molecule has 0 aliphatic carbocycles. The summed E-state index contributed by atoms with van der Waals surface area (Å²) < 4.78 is 5.69. The van der Waals surface area contributed by atoms with Gasteiger partial charge in [-0.1, -0.05) is 26.0 Å². The van der Waals surface area contributed by atoms with E-state index in [1.54, 1.807) is 0 Å². The topological polar surface area (TPSA) is 47.0 Å². The molecule has 1 aromatic carbocycles. The van der Waals surface area contributed by atoms with E-state index in [1.807, 2.05) is 31.3 Å². The Morgan fingerprint density at radius 2 is 1.85 bits per heavy atom. The van der Waals surface area contributed by atoms with Crippen LogP contribution < -0.4 is 10.1 Å². The minimum Gasteiger partial charge on any atom is -0.438 e. The van der Waals surface area contributed by atoms with Crippen molar-refractivity contribution >= 4 is 0 Å². The number of rotatable bonds is 6. The van der Waals surface area contributed by atoms with Crippen molar-refractivity contribution in [1.29, 1.82) is 0 Å². The van der Waals surface area contributed by atoms with Crippen LogP contribution in [0.15, 0.2) is 36.4 Å². The Hall–Kier alpha value is -1.94. The molecule has 1 N–H and O–H groups in total.